The molecule has 2 aromatic carbocycles. The third kappa shape index (κ3) is 9.21. The second kappa shape index (κ2) is 17.4. The third-order valence-electron chi connectivity index (χ3n) is 6.51. The number of aryl methyl sites for hydroxylation is 1. The van der Waals surface area contributed by atoms with Gasteiger partial charge in [0.25, 0.3) is 0 Å². The van der Waals surface area contributed by atoms with E-state index >= 15 is 0 Å². The zero-order valence-corrected chi connectivity index (χ0v) is 22.2. The minimum absolute atomic E-state index is 0.178. The van der Waals surface area contributed by atoms with E-state index in [9.17, 15) is 9.90 Å². The predicted molar refractivity (Wildman–Crippen MR) is 149 cm³/mol. The van der Waals surface area contributed by atoms with Gasteiger partial charge in [0.2, 0.25) is 0 Å². The van der Waals surface area contributed by atoms with Crippen molar-refractivity contribution in [1.29, 1.82) is 0 Å². The monoisotopic (exact) mass is 497 g/mol. The maximum absolute atomic E-state index is 11.3. The fourth-order valence-corrected chi connectivity index (χ4v) is 4.66. The molecule has 1 fully saturated rings. The molecule has 0 heterocycles. The van der Waals surface area contributed by atoms with E-state index in [2.05, 4.69) is 52.7 Å². The van der Waals surface area contributed by atoms with Gasteiger partial charge in [-0.25, -0.2) is 0 Å². The van der Waals surface area contributed by atoms with E-state index in [1.807, 2.05) is 33.9 Å². The fourth-order valence-electron chi connectivity index (χ4n) is 4.66. The van der Waals surface area contributed by atoms with Gasteiger partial charge in [0.05, 0.1) is 6.10 Å². The summed E-state index contributed by atoms with van der Waals surface area (Å²) in [4.78, 5) is 26.5. The zero-order valence-electron chi connectivity index (χ0n) is 22.2. The minimum atomic E-state index is -0.330. The fraction of sp³-hybridized carbons (Fsp3) is 0.483. The number of nitrogens with one attached hydrogen (secondary N) is 1. The number of aliphatic hydroxyl groups excluding tert-OH is 2. The van der Waals surface area contributed by atoms with E-state index in [-0.39, 0.29) is 12.0 Å². The largest absolute Gasteiger partial charge is 0.400 e. The second-order valence-corrected chi connectivity index (χ2v) is 8.86. The predicted octanol–water partition coefficient (Wildman–Crippen LogP) is 4.30. The summed E-state index contributed by atoms with van der Waals surface area (Å²) in [7, 11) is 4.81. The molecule has 1 atom stereocenters. The van der Waals surface area contributed by atoms with Crippen LogP contribution in [0.15, 0.2) is 53.5 Å². The van der Waals surface area contributed by atoms with Crippen molar-refractivity contribution in [2.45, 2.75) is 64.0 Å². The molecule has 7 nitrogen and oxygen atoms in total. The van der Waals surface area contributed by atoms with Crippen LogP contribution in [-0.2, 0) is 22.4 Å². The van der Waals surface area contributed by atoms with Gasteiger partial charge in [0.15, 0.2) is 0 Å². The summed E-state index contributed by atoms with van der Waals surface area (Å²) in [6.45, 7) is 3.84. The Bertz CT molecular complexity index is 910. The molecule has 0 aromatic heterocycles. The molecule has 1 unspecified atom stereocenters. The second-order valence-electron chi connectivity index (χ2n) is 8.86. The highest BCUT2D eigenvalue weighted by Gasteiger charge is 2.29. The maximum atomic E-state index is 11.3. The summed E-state index contributed by atoms with van der Waals surface area (Å²) < 4.78 is 0. The van der Waals surface area contributed by atoms with Crippen molar-refractivity contribution in [2.24, 2.45) is 10.9 Å². The first-order valence-corrected chi connectivity index (χ1v) is 12.5. The van der Waals surface area contributed by atoms with E-state index in [1.54, 1.807) is 0 Å². The highest BCUT2D eigenvalue weighted by Crippen LogP contribution is 2.33. The van der Waals surface area contributed by atoms with Crippen molar-refractivity contribution in [3.63, 3.8) is 0 Å². The highest BCUT2D eigenvalue weighted by atomic mass is 16.3. The standard InChI is InChI=1S/C27H37N3O2.CH4O.CH2O/c1-20(32)9-12-23-18-25(15-16-26(23)28-2)30(24-13-10-22(19-31)11-14-24)27(29-3)17-21-7-5-4-6-8-21;2*1-2/h4-8,15-16,18-20,22,24,28,32H,9-14,17H2,1-3H3;2H,1H3;1H2. The lowest BCUT2D eigenvalue weighted by atomic mass is 9.85. The molecular formula is C29H43N3O4. The number of hydrogen-bond acceptors (Lipinski definition) is 6. The van der Waals surface area contributed by atoms with Gasteiger partial charge in [-0.3, -0.25) is 4.99 Å². The van der Waals surface area contributed by atoms with Crippen LogP contribution in [0.2, 0.25) is 0 Å². The Morgan fingerprint density at radius 2 is 1.78 bits per heavy atom. The molecule has 198 valence electrons. The number of aliphatic imine (C=N–C) groups is 1. The van der Waals surface area contributed by atoms with Gasteiger partial charge in [-0.2, -0.15) is 0 Å². The number of rotatable bonds is 9. The SMILES string of the molecule is C=O.CN=C(Cc1ccccc1)N(c1ccc(NC)c(CCC(C)O)c1)C1CCC(C=O)CC1.CO. The van der Waals surface area contributed by atoms with Crippen LogP contribution in [0.4, 0.5) is 11.4 Å². The Morgan fingerprint density at radius 3 is 2.31 bits per heavy atom. The lowest BCUT2D eigenvalue weighted by Crippen LogP contribution is -2.43. The molecule has 0 bridgehead atoms. The Hall–Kier alpha value is -3.03. The Labute approximate surface area is 216 Å². The molecule has 7 heteroatoms. The summed E-state index contributed by atoms with van der Waals surface area (Å²) in [5.41, 5.74) is 4.67. The van der Waals surface area contributed by atoms with Crippen LogP contribution < -0.4 is 10.2 Å². The number of aliphatic hydroxyl groups is 2. The van der Waals surface area contributed by atoms with E-state index in [4.69, 9.17) is 14.9 Å². The van der Waals surface area contributed by atoms with Gasteiger partial charge < -0.3 is 30.0 Å². The summed E-state index contributed by atoms with van der Waals surface area (Å²) in [5.74, 6) is 1.22. The number of carbonyl (C=O) groups excluding carboxylic acids is 2. The van der Waals surface area contributed by atoms with Crippen LogP contribution in [-0.4, -0.2) is 62.5 Å². The third-order valence-corrected chi connectivity index (χ3v) is 6.51. The van der Waals surface area contributed by atoms with Gasteiger partial charge >= 0.3 is 0 Å². The van der Waals surface area contributed by atoms with Crippen molar-refractivity contribution < 1.29 is 19.8 Å². The molecule has 3 rings (SSSR count). The molecule has 2 aromatic rings. The van der Waals surface area contributed by atoms with Crippen LogP contribution in [0.3, 0.4) is 0 Å². The van der Waals surface area contributed by atoms with Crippen LogP contribution >= 0.6 is 0 Å². The van der Waals surface area contributed by atoms with Crippen molar-refractivity contribution in [1.82, 2.24) is 0 Å². The first-order valence-electron chi connectivity index (χ1n) is 12.5. The van der Waals surface area contributed by atoms with Crippen molar-refractivity contribution in [3.05, 3.63) is 59.7 Å². The highest BCUT2D eigenvalue weighted by molar-refractivity contribution is 6.00. The van der Waals surface area contributed by atoms with Gasteiger partial charge in [-0.1, -0.05) is 30.3 Å². The first-order chi connectivity index (χ1) is 17.5. The van der Waals surface area contributed by atoms with Crippen LogP contribution in [0.5, 0.6) is 0 Å². The molecule has 1 saturated carbocycles. The number of hydrogen-bond donors (Lipinski definition) is 3. The molecule has 0 radical (unpaired) electrons. The van der Waals surface area contributed by atoms with E-state index in [1.165, 1.54) is 11.1 Å². The smallest absolute Gasteiger partial charge is 0.123 e. The summed E-state index contributed by atoms with van der Waals surface area (Å²) in [6.07, 6.45) is 6.90. The van der Waals surface area contributed by atoms with Crippen LogP contribution in [0.1, 0.15) is 50.2 Å². The van der Waals surface area contributed by atoms with Gasteiger partial charge in [0, 0.05) is 51.0 Å². The number of carbonyl (C=O) groups is 2. The number of amidine groups is 1. The molecule has 1 aliphatic rings. The van der Waals surface area contributed by atoms with E-state index < -0.39 is 0 Å². The Kier molecular flexibility index (Phi) is 15.0. The normalized spacial score (nSPS) is 18.0. The van der Waals surface area contributed by atoms with Crippen molar-refractivity contribution >= 4 is 30.3 Å². The first kappa shape index (κ1) is 31.0. The topological polar surface area (TPSA) is 102 Å². The minimum Gasteiger partial charge on any atom is -0.400 e. The maximum Gasteiger partial charge on any atom is 0.123 e. The number of aldehydes is 1. The molecule has 0 aliphatic heterocycles. The average Bonchev–Trinajstić information content (AvgIpc) is 2.94. The van der Waals surface area contributed by atoms with Gasteiger partial charge in [-0.05, 0) is 74.8 Å². The van der Waals surface area contributed by atoms with Crippen LogP contribution in [0.25, 0.3) is 0 Å². The van der Waals surface area contributed by atoms with Crippen molar-refractivity contribution in [2.75, 3.05) is 31.4 Å². The molecule has 36 heavy (non-hydrogen) atoms. The summed E-state index contributed by atoms with van der Waals surface area (Å²) >= 11 is 0. The van der Waals surface area contributed by atoms with Crippen molar-refractivity contribution in [3.8, 4) is 0 Å². The van der Waals surface area contributed by atoms with E-state index in [0.717, 1.165) is 75.6 Å². The molecule has 3 N–H and O–H groups in total. The summed E-state index contributed by atoms with van der Waals surface area (Å²) in [6, 6.07) is 17.3. The Morgan fingerprint density at radius 1 is 1.14 bits per heavy atom. The quantitative estimate of drug-likeness (QED) is 0.271. The molecule has 0 saturated heterocycles. The summed E-state index contributed by atoms with van der Waals surface area (Å²) in [5, 5.41) is 20.1. The van der Waals surface area contributed by atoms with Gasteiger partial charge in [0.1, 0.15) is 18.9 Å². The Balaban J connectivity index is 0.00000154. The molecule has 0 amide bonds. The molecule has 0 spiro atoms. The van der Waals surface area contributed by atoms with Gasteiger partial charge in [-0.15, -0.1) is 0 Å². The lowest BCUT2D eigenvalue weighted by molar-refractivity contribution is -0.111. The molecular weight excluding hydrogens is 454 g/mol. The zero-order chi connectivity index (χ0) is 26.9. The number of nitrogens with zero attached hydrogens (tertiary/aromatic N) is 2. The van der Waals surface area contributed by atoms with Crippen LogP contribution in [0, 0.1) is 5.92 Å². The number of benzene rings is 2. The van der Waals surface area contributed by atoms with E-state index in [0.29, 0.717) is 6.04 Å². The lowest BCUT2D eigenvalue weighted by Gasteiger charge is -2.38. The number of anilines is 2. The molecule has 1 aliphatic carbocycles. The average molecular weight is 498 g/mol.